The number of H-pyrrole nitrogens is 1. The molecule has 1 aliphatic rings. The summed E-state index contributed by atoms with van der Waals surface area (Å²) in [5, 5.41) is 9.75. The Balaban J connectivity index is 1.27. The molecule has 2 amide bonds. The van der Waals surface area contributed by atoms with Crippen molar-refractivity contribution in [2.45, 2.75) is 25.7 Å². The monoisotopic (exact) mass is 433 g/mol. The standard InChI is InChI=1S/C24H27N5O3/c1-32-20-10-6-5-9-19(20)22-25-24(28-27-22)26-23(31)18-13-15-29(16-14-18)21(30)12-11-17-7-3-2-4-8-17/h2-10,18H,11-16H2,1H3,(H2,25,26,27,28,31). The number of ether oxygens (including phenoxy) is 1. The summed E-state index contributed by atoms with van der Waals surface area (Å²) in [4.78, 5) is 31.4. The van der Waals surface area contributed by atoms with Gasteiger partial charge in [0.25, 0.3) is 0 Å². The highest BCUT2D eigenvalue weighted by Gasteiger charge is 2.28. The van der Waals surface area contributed by atoms with Gasteiger partial charge in [0.1, 0.15) is 5.75 Å². The Bertz CT molecular complexity index is 1060. The summed E-state index contributed by atoms with van der Waals surface area (Å²) in [6.07, 6.45) is 2.49. The summed E-state index contributed by atoms with van der Waals surface area (Å²) in [6, 6.07) is 17.5. The van der Waals surface area contributed by atoms with Gasteiger partial charge >= 0.3 is 0 Å². The molecular weight excluding hydrogens is 406 g/mol. The van der Waals surface area contributed by atoms with Crippen LogP contribution in [-0.4, -0.2) is 52.1 Å². The van der Waals surface area contributed by atoms with Crippen LogP contribution in [0, 0.1) is 5.92 Å². The molecule has 2 aromatic carbocycles. The second-order valence-electron chi connectivity index (χ2n) is 7.84. The van der Waals surface area contributed by atoms with Crippen LogP contribution >= 0.6 is 0 Å². The van der Waals surface area contributed by atoms with E-state index in [1.54, 1.807) is 7.11 Å². The van der Waals surface area contributed by atoms with E-state index in [4.69, 9.17) is 4.74 Å². The molecule has 1 aliphatic heterocycles. The third kappa shape index (κ3) is 5.14. The van der Waals surface area contributed by atoms with Crippen molar-refractivity contribution in [3.05, 3.63) is 60.2 Å². The molecule has 0 atom stereocenters. The zero-order valence-electron chi connectivity index (χ0n) is 18.1. The van der Waals surface area contributed by atoms with E-state index in [2.05, 4.69) is 20.5 Å². The van der Waals surface area contributed by atoms with Crippen molar-refractivity contribution in [1.29, 1.82) is 0 Å². The lowest BCUT2D eigenvalue weighted by Gasteiger charge is -2.31. The summed E-state index contributed by atoms with van der Waals surface area (Å²) in [5.74, 6) is 1.29. The molecule has 0 saturated carbocycles. The first-order valence-electron chi connectivity index (χ1n) is 10.8. The highest BCUT2D eigenvalue weighted by Crippen LogP contribution is 2.27. The number of likely N-dealkylation sites (tertiary alicyclic amines) is 1. The lowest BCUT2D eigenvalue weighted by Crippen LogP contribution is -2.41. The van der Waals surface area contributed by atoms with Crippen LogP contribution in [-0.2, 0) is 16.0 Å². The predicted octanol–water partition coefficient (Wildman–Crippen LogP) is 3.29. The van der Waals surface area contributed by atoms with E-state index in [0.29, 0.717) is 43.9 Å². The minimum absolute atomic E-state index is 0.119. The zero-order chi connectivity index (χ0) is 22.3. The number of hydrogen-bond donors (Lipinski definition) is 2. The molecule has 8 nitrogen and oxygen atoms in total. The number of methoxy groups -OCH3 is 1. The number of rotatable bonds is 7. The van der Waals surface area contributed by atoms with E-state index in [1.165, 1.54) is 0 Å². The van der Waals surface area contributed by atoms with Crippen LogP contribution in [0.5, 0.6) is 5.75 Å². The fourth-order valence-corrected chi connectivity index (χ4v) is 3.94. The van der Waals surface area contributed by atoms with Gasteiger partial charge in [-0.05, 0) is 37.0 Å². The molecule has 0 spiro atoms. The first kappa shape index (κ1) is 21.5. The van der Waals surface area contributed by atoms with Crippen molar-refractivity contribution in [2.75, 3.05) is 25.5 Å². The fourth-order valence-electron chi connectivity index (χ4n) is 3.94. The Labute approximate surface area is 187 Å². The van der Waals surface area contributed by atoms with Gasteiger partial charge in [0.15, 0.2) is 5.82 Å². The van der Waals surface area contributed by atoms with Crippen molar-refractivity contribution in [2.24, 2.45) is 5.92 Å². The topological polar surface area (TPSA) is 100 Å². The first-order chi connectivity index (χ1) is 15.6. The number of nitrogens with one attached hydrogen (secondary N) is 2. The lowest BCUT2D eigenvalue weighted by atomic mass is 9.95. The van der Waals surface area contributed by atoms with Gasteiger partial charge in [0.2, 0.25) is 17.8 Å². The van der Waals surface area contributed by atoms with E-state index >= 15 is 0 Å². The summed E-state index contributed by atoms with van der Waals surface area (Å²) in [5.41, 5.74) is 1.93. The Morgan fingerprint density at radius 3 is 2.56 bits per heavy atom. The SMILES string of the molecule is COc1ccccc1-c1nc(NC(=O)C2CCN(C(=O)CCc3ccccc3)CC2)n[nH]1. The van der Waals surface area contributed by atoms with Crippen LogP contribution < -0.4 is 10.1 Å². The van der Waals surface area contributed by atoms with Crippen LogP contribution in [0.25, 0.3) is 11.4 Å². The molecule has 0 unspecified atom stereocenters. The number of carbonyl (C=O) groups excluding carboxylic acids is 2. The lowest BCUT2D eigenvalue weighted by molar-refractivity contribution is -0.134. The normalized spacial score (nSPS) is 14.2. The molecule has 0 radical (unpaired) electrons. The molecule has 2 heterocycles. The van der Waals surface area contributed by atoms with Crippen molar-refractivity contribution >= 4 is 17.8 Å². The maximum atomic E-state index is 12.7. The van der Waals surface area contributed by atoms with Crippen molar-refractivity contribution < 1.29 is 14.3 Å². The molecule has 32 heavy (non-hydrogen) atoms. The minimum Gasteiger partial charge on any atom is -0.496 e. The maximum Gasteiger partial charge on any atom is 0.249 e. The molecule has 2 N–H and O–H groups in total. The minimum atomic E-state index is -0.165. The number of para-hydroxylation sites is 1. The second kappa shape index (κ2) is 10.1. The number of aryl methyl sites for hydroxylation is 1. The molecular formula is C24H27N5O3. The summed E-state index contributed by atoms with van der Waals surface area (Å²) < 4.78 is 5.35. The molecule has 1 aromatic heterocycles. The van der Waals surface area contributed by atoms with E-state index in [0.717, 1.165) is 17.5 Å². The maximum absolute atomic E-state index is 12.7. The van der Waals surface area contributed by atoms with Gasteiger partial charge in [-0.1, -0.05) is 42.5 Å². The number of carbonyl (C=O) groups is 2. The third-order valence-electron chi connectivity index (χ3n) is 5.77. The quantitative estimate of drug-likeness (QED) is 0.596. The van der Waals surface area contributed by atoms with Crippen molar-refractivity contribution in [3.8, 4) is 17.1 Å². The fraction of sp³-hybridized carbons (Fsp3) is 0.333. The Morgan fingerprint density at radius 1 is 1.09 bits per heavy atom. The molecule has 1 fully saturated rings. The summed E-state index contributed by atoms with van der Waals surface area (Å²) in [6.45, 7) is 1.18. The van der Waals surface area contributed by atoms with Crippen LogP contribution in [0.4, 0.5) is 5.95 Å². The molecule has 0 aliphatic carbocycles. The van der Waals surface area contributed by atoms with Gasteiger partial charge in [-0.25, -0.2) is 0 Å². The number of piperidine rings is 1. The van der Waals surface area contributed by atoms with Crippen LogP contribution in [0.1, 0.15) is 24.8 Å². The van der Waals surface area contributed by atoms with Crippen molar-refractivity contribution in [3.63, 3.8) is 0 Å². The number of aromatic nitrogens is 3. The second-order valence-corrected chi connectivity index (χ2v) is 7.84. The average molecular weight is 434 g/mol. The van der Waals surface area contributed by atoms with Gasteiger partial charge < -0.3 is 9.64 Å². The first-order valence-corrected chi connectivity index (χ1v) is 10.8. The molecule has 3 aromatic rings. The largest absolute Gasteiger partial charge is 0.496 e. The molecule has 1 saturated heterocycles. The number of amides is 2. The predicted molar refractivity (Wildman–Crippen MR) is 121 cm³/mol. The highest BCUT2D eigenvalue weighted by molar-refractivity contribution is 5.91. The number of benzene rings is 2. The van der Waals surface area contributed by atoms with Gasteiger partial charge in [0, 0.05) is 25.4 Å². The van der Waals surface area contributed by atoms with Gasteiger partial charge in [0.05, 0.1) is 12.7 Å². The number of aromatic amines is 1. The third-order valence-corrected chi connectivity index (χ3v) is 5.77. The summed E-state index contributed by atoms with van der Waals surface area (Å²) in [7, 11) is 1.59. The van der Waals surface area contributed by atoms with Crippen LogP contribution in [0.15, 0.2) is 54.6 Å². The molecule has 166 valence electrons. The number of hydrogen-bond acceptors (Lipinski definition) is 5. The Morgan fingerprint density at radius 2 is 1.81 bits per heavy atom. The van der Waals surface area contributed by atoms with E-state index in [-0.39, 0.29) is 23.7 Å². The van der Waals surface area contributed by atoms with Crippen LogP contribution in [0.2, 0.25) is 0 Å². The summed E-state index contributed by atoms with van der Waals surface area (Å²) >= 11 is 0. The van der Waals surface area contributed by atoms with Gasteiger partial charge in [-0.3, -0.25) is 20.0 Å². The average Bonchev–Trinajstić information content (AvgIpc) is 3.31. The van der Waals surface area contributed by atoms with Crippen molar-refractivity contribution in [1.82, 2.24) is 20.1 Å². The molecule has 4 rings (SSSR count). The van der Waals surface area contributed by atoms with E-state index in [1.807, 2.05) is 59.5 Å². The molecule has 8 heteroatoms. The van der Waals surface area contributed by atoms with E-state index in [9.17, 15) is 9.59 Å². The molecule has 0 bridgehead atoms. The highest BCUT2D eigenvalue weighted by atomic mass is 16.5. The Kier molecular flexibility index (Phi) is 6.79. The number of nitrogens with zero attached hydrogens (tertiary/aromatic N) is 3. The Hall–Kier alpha value is -3.68. The number of anilines is 1. The van der Waals surface area contributed by atoms with E-state index < -0.39 is 0 Å². The van der Waals surface area contributed by atoms with Crippen LogP contribution in [0.3, 0.4) is 0 Å². The smallest absolute Gasteiger partial charge is 0.249 e. The van der Waals surface area contributed by atoms with Gasteiger partial charge in [-0.15, -0.1) is 5.10 Å². The zero-order valence-corrected chi connectivity index (χ0v) is 18.1. The van der Waals surface area contributed by atoms with Gasteiger partial charge in [-0.2, -0.15) is 4.98 Å².